The van der Waals surface area contributed by atoms with E-state index in [-0.39, 0.29) is 0 Å². The highest BCUT2D eigenvalue weighted by Gasteiger charge is 2.07. The smallest absolute Gasteiger partial charge is 0.0504 e. The maximum Gasteiger partial charge on any atom is 0.0504 e. The molecule has 0 saturated carbocycles. The van der Waals surface area contributed by atoms with E-state index in [1.54, 1.807) is 11.6 Å². The zero-order valence-electron chi connectivity index (χ0n) is 10.00. The molecule has 2 aromatic heterocycles. The maximum atomic E-state index is 4.95. The topological polar surface area (TPSA) is 17.8 Å². The van der Waals surface area contributed by atoms with Gasteiger partial charge in [-0.2, -0.15) is 0 Å². The number of para-hydroxylation sites is 1. The molecule has 3 rings (SSSR count). The summed E-state index contributed by atoms with van der Waals surface area (Å²) in [7, 11) is 2.07. The molecule has 2 nitrogen and oxygen atoms in total. The van der Waals surface area contributed by atoms with Gasteiger partial charge in [0.15, 0.2) is 0 Å². The van der Waals surface area contributed by atoms with Crippen LogP contribution in [0.25, 0.3) is 22.2 Å². The summed E-state index contributed by atoms with van der Waals surface area (Å²) in [6.45, 7) is 0. The summed E-state index contributed by atoms with van der Waals surface area (Å²) in [6, 6.07) is 12.6. The Morgan fingerprint density at radius 2 is 2.00 bits per heavy atom. The van der Waals surface area contributed by atoms with Crippen molar-refractivity contribution in [1.82, 2.24) is 9.55 Å². The van der Waals surface area contributed by atoms with Crippen molar-refractivity contribution in [3.05, 3.63) is 54.4 Å². The molecule has 0 fully saturated rings. The van der Waals surface area contributed by atoms with E-state index in [2.05, 4.69) is 53.0 Å². The summed E-state index contributed by atoms with van der Waals surface area (Å²) in [4.78, 5) is 4.23. The zero-order chi connectivity index (χ0) is 12.5. The van der Waals surface area contributed by atoms with Crippen LogP contribution in [0.4, 0.5) is 0 Å². The molecule has 88 valence electrons. The molecule has 0 atom stereocenters. The average molecular weight is 252 g/mol. The number of aryl methyl sites for hydroxylation is 1. The van der Waals surface area contributed by atoms with Crippen LogP contribution in [0.15, 0.2) is 48.8 Å². The Hall–Kier alpha value is -2.00. The van der Waals surface area contributed by atoms with Gasteiger partial charge < -0.3 is 4.57 Å². The first-order chi connectivity index (χ1) is 8.79. The second-order valence-corrected chi connectivity index (χ2v) is 4.51. The molecule has 0 N–H and O–H groups in total. The van der Waals surface area contributed by atoms with Crippen LogP contribution in [0.5, 0.6) is 0 Å². The van der Waals surface area contributed by atoms with Crippen molar-refractivity contribution >= 4 is 28.5 Å². The van der Waals surface area contributed by atoms with E-state index in [0.717, 1.165) is 16.8 Å². The van der Waals surface area contributed by atoms with E-state index in [1.165, 1.54) is 10.9 Å². The van der Waals surface area contributed by atoms with Gasteiger partial charge in [-0.05, 0) is 18.2 Å². The molecule has 0 radical (unpaired) electrons. The third kappa shape index (κ3) is 1.73. The molecule has 0 saturated heterocycles. The number of aromatic nitrogens is 2. The monoisotopic (exact) mass is 252 g/mol. The van der Waals surface area contributed by atoms with E-state index in [1.807, 2.05) is 6.20 Å². The molecule has 0 aliphatic heterocycles. The number of rotatable bonds is 2. The van der Waals surface area contributed by atoms with Gasteiger partial charge in [0.2, 0.25) is 0 Å². The fourth-order valence-electron chi connectivity index (χ4n) is 2.23. The molecule has 0 aliphatic rings. The van der Waals surface area contributed by atoms with Crippen LogP contribution in [0, 0.1) is 0 Å². The van der Waals surface area contributed by atoms with E-state index in [0.29, 0.717) is 0 Å². The van der Waals surface area contributed by atoms with Crippen molar-refractivity contribution in [2.75, 3.05) is 0 Å². The Labute approximate surface area is 111 Å². The van der Waals surface area contributed by atoms with E-state index >= 15 is 0 Å². The SMILES string of the molecule is Cn1c(-c2cncc(C=S)c2)cc2ccccc21. The van der Waals surface area contributed by atoms with Gasteiger partial charge in [0.05, 0.1) is 5.69 Å². The first-order valence-corrected chi connectivity index (χ1v) is 6.22. The van der Waals surface area contributed by atoms with Crippen molar-refractivity contribution in [2.45, 2.75) is 0 Å². The molecule has 0 spiro atoms. The van der Waals surface area contributed by atoms with Crippen LogP contribution in [0.1, 0.15) is 5.56 Å². The van der Waals surface area contributed by atoms with E-state index in [4.69, 9.17) is 12.2 Å². The third-order valence-electron chi connectivity index (χ3n) is 3.14. The summed E-state index contributed by atoms with van der Waals surface area (Å²) < 4.78 is 2.18. The molecule has 0 aliphatic carbocycles. The molecular formula is C15H12N2S. The van der Waals surface area contributed by atoms with Crippen molar-refractivity contribution in [1.29, 1.82) is 0 Å². The van der Waals surface area contributed by atoms with E-state index in [9.17, 15) is 0 Å². The first kappa shape index (κ1) is 11.1. The number of hydrogen-bond acceptors (Lipinski definition) is 2. The predicted molar refractivity (Wildman–Crippen MR) is 78.9 cm³/mol. The maximum absolute atomic E-state index is 4.95. The summed E-state index contributed by atoms with van der Waals surface area (Å²) in [5, 5.41) is 2.89. The average Bonchev–Trinajstić information content (AvgIpc) is 2.77. The lowest BCUT2D eigenvalue weighted by molar-refractivity contribution is 0.976. The third-order valence-corrected chi connectivity index (χ3v) is 3.42. The molecular weight excluding hydrogens is 240 g/mol. The summed E-state index contributed by atoms with van der Waals surface area (Å²) in [5.41, 5.74) is 4.43. The van der Waals surface area contributed by atoms with Gasteiger partial charge in [-0.15, -0.1) is 0 Å². The van der Waals surface area contributed by atoms with Crippen LogP contribution < -0.4 is 0 Å². The Balaban J connectivity index is 2.24. The Bertz CT molecular complexity index is 728. The number of pyridine rings is 1. The lowest BCUT2D eigenvalue weighted by Gasteiger charge is -2.04. The highest BCUT2D eigenvalue weighted by molar-refractivity contribution is 7.79. The fourth-order valence-corrected chi connectivity index (χ4v) is 2.36. The molecule has 2 heterocycles. The molecule has 0 amide bonds. The number of hydrogen-bond donors (Lipinski definition) is 0. The molecule has 18 heavy (non-hydrogen) atoms. The summed E-state index contributed by atoms with van der Waals surface area (Å²) in [6.07, 6.45) is 3.65. The van der Waals surface area contributed by atoms with Gasteiger partial charge in [-0.25, -0.2) is 0 Å². The zero-order valence-corrected chi connectivity index (χ0v) is 10.8. The minimum atomic E-state index is 0.966. The normalized spacial score (nSPS) is 10.7. The molecule has 3 aromatic rings. The standard InChI is InChI=1S/C15H12N2S/c1-17-14-5-3-2-4-12(14)7-15(17)13-6-11(10-18)8-16-9-13/h2-10H,1H3. The van der Waals surface area contributed by atoms with Gasteiger partial charge >= 0.3 is 0 Å². The Morgan fingerprint density at radius 3 is 2.78 bits per heavy atom. The summed E-state index contributed by atoms with van der Waals surface area (Å²) in [5.74, 6) is 0. The molecule has 1 aromatic carbocycles. The van der Waals surface area contributed by atoms with Gasteiger partial charge in [0.25, 0.3) is 0 Å². The van der Waals surface area contributed by atoms with Crippen LogP contribution >= 0.6 is 12.2 Å². The van der Waals surface area contributed by atoms with Crippen molar-refractivity contribution in [3.63, 3.8) is 0 Å². The highest BCUT2D eigenvalue weighted by atomic mass is 32.1. The Kier molecular flexibility index (Phi) is 2.68. The first-order valence-electron chi connectivity index (χ1n) is 5.74. The van der Waals surface area contributed by atoms with E-state index < -0.39 is 0 Å². The largest absolute Gasteiger partial charge is 0.344 e. The number of benzene rings is 1. The fraction of sp³-hybridized carbons (Fsp3) is 0.0667. The number of nitrogens with zero attached hydrogens (tertiary/aromatic N) is 2. The summed E-state index contributed by atoms with van der Waals surface area (Å²) >= 11 is 4.95. The quantitative estimate of drug-likeness (QED) is 0.649. The second-order valence-electron chi connectivity index (χ2n) is 4.27. The molecule has 3 heteroatoms. The minimum absolute atomic E-state index is 0.966. The number of thiocarbonyl (C=S) groups is 1. The van der Waals surface area contributed by atoms with Crippen molar-refractivity contribution in [2.24, 2.45) is 7.05 Å². The minimum Gasteiger partial charge on any atom is -0.344 e. The van der Waals surface area contributed by atoms with Crippen molar-refractivity contribution < 1.29 is 0 Å². The van der Waals surface area contributed by atoms with Crippen LogP contribution in [0.3, 0.4) is 0 Å². The van der Waals surface area contributed by atoms with Gasteiger partial charge in [-0.1, -0.05) is 30.4 Å². The number of fused-ring (bicyclic) bond motifs is 1. The lowest BCUT2D eigenvalue weighted by Crippen LogP contribution is -1.92. The second kappa shape index (κ2) is 4.35. The van der Waals surface area contributed by atoms with Crippen molar-refractivity contribution in [3.8, 4) is 11.3 Å². The van der Waals surface area contributed by atoms with Gasteiger partial charge in [0.1, 0.15) is 0 Å². The van der Waals surface area contributed by atoms with Crippen LogP contribution in [-0.2, 0) is 7.05 Å². The van der Waals surface area contributed by atoms with Crippen LogP contribution in [0.2, 0.25) is 0 Å². The van der Waals surface area contributed by atoms with Crippen LogP contribution in [-0.4, -0.2) is 14.9 Å². The molecule has 0 bridgehead atoms. The van der Waals surface area contributed by atoms with Gasteiger partial charge in [-0.3, -0.25) is 4.98 Å². The lowest BCUT2D eigenvalue weighted by atomic mass is 10.1. The molecule has 0 unspecified atom stereocenters. The Morgan fingerprint density at radius 1 is 1.17 bits per heavy atom. The van der Waals surface area contributed by atoms with Gasteiger partial charge in [0, 0.05) is 46.8 Å². The predicted octanol–water partition coefficient (Wildman–Crippen LogP) is 3.59. The highest BCUT2D eigenvalue weighted by Crippen LogP contribution is 2.26.